The zero-order valence-electron chi connectivity index (χ0n) is 14.9. The predicted molar refractivity (Wildman–Crippen MR) is 93.4 cm³/mol. The smallest absolute Gasteiger partial charge is 0.248 e. The first-order valence-corrected chi connectivity index (χ1v) is 9.23. The molecule has 0 bridgehead atoms. The summed E-state index contributed by atoms with van der Waals surface area (Å²) in [5.41, 5.74) is 0. The lowest BCUT2D eigenvalue weighted by atomic mass is 10.0. The van der Waals surface area contributed by atoms with Crippen molar-refractivity contribution in [3.05, 3.63) is 30.1 Å². The lowest BCUT2D eigenvalue weighted by Crippen LogP contribution is -2.55. The minimum atomic E-state index is -0.305. The van der Waals surface area contributed by atoms with Crippen molar-refractivity contribution in [3.8, 4) is 5.75 Å². The van der Waals surface area contributed by atoms with Gasteiger partial charge < -0.3 is 19.3 Å². The van der Waals surface area contributed by atoms with Crippen LogP contribution in [0.2, 0.25) is 0 Å². The maximum absolute atomic E-state index is 12.9. The lowest BCUT2D eigenvalue weighted by molar-refractivity contribution is -0.155. The number of nitrogens with zero attached hydrogens (tertiary/aromatic N) is 2. The molecule has 0 aliphatic carbocycles. The maximum atomic E-state index is 12.9. The number of morpholine rings is 1. The molecule has 0 unspecified atom stereocenters. The molecule has 0 radical (unpaired) electrons. The Kier molecular flexibility index (Phi) is 6.80. The van der Waals surface area contributed by atoms with Gasteiger partial charge in [0.1, 0.15) is 30.9 Å². The van der Waals surface area contributed by atoms with Gasteiger partial charge in [-0.05, 0) is 43.5 Å². The van der Waals surface area contributed by atoms with Crippen LogP contribution >= 0.6 is 0 Å². The summed E-state index contributed by atoms with van der Waals surface area (Å²) in [5, 5.41) is 0. The zero-order valence-corrected chi connectivity index (χ0v) is 14.9. The molecule has 2 heterocycles. The number of amides is 1. The van der Waals surface area contributed by atoms with E-state index < -0.39 is 0 Å². The largest absolute Gasteiger partial charge is 0.491 e. The highest BCUT2D eigenvalue weighted by Crippen LogP contribution is 2.21. The quantitative estimate of drug-likeness (QED) is 0.740. The van der Waals surface area contributed by atoms with Gasteiger partial charge in [0.25, 0.3) is 0 Å². The summed E-state index contributed by atoms with van der Waals surface area (Å²) in [6.45, 7) is 3.20. The minimum Gasteiger partial charge on any atom is -0.491 e. The van der Waals surface area contributed by atoms with E-state index in [1.807, 2.05) is 4.90 Å². The first kappa shape index (κ1) is 19.0. The molecule has 144 valence electrons. The highest BCUT2D eigenvalue weighted by Gasteiger charge is 2.33. The number of halogens is 2. The van der Waals surface area contributed by atoms with Crippen molar-refractivity contribution in [1.82, 2.24) is 9.80 Å². The highest BCUT2D eigenvalue weighted by atomic mass is 19.1. The van der Waals surface area contributed by atoms with Crippen molar-refractivity contribution < 1.29 is 23.0 Å². The van der Waals surface area contributed by atoms with Gasteiger partial charge in [0.15, 0.2) is 0 Å². The number of ether oxygens (including phenoxy) is 2. The summed E-state index contributed by atoms with van der Waals surface area (Å²) in [6, 6.07) is 6.07. The van der Waals surface area contributed by atoms with Crippen LogP contribution in [0.25, 0.3) is 0 Å². The monoisotopic (exact) mass is 368 g/mol. The fourth-order valence-electron chi connectivity index (χ4n) is 3.56. The van der Waals surface area contributed by atoms with Crippen LogP contribution in [0.5, 0.6) is 5.75 Å². The first-order valence-electron chi connectivity index (χ1n) is 9.23. The van der Waals surface area contributed by atoms with Gasteiger partial charge in [-0.3, -0.25) is 9.18 Å². The van der Waals surface area contributed by atoms with Gasteiger partial charge in [0, 0.05) is 25.7 Å². The molecule has 2 saturated heterocycles. The lowest BCUT2D eigenvalue weighted by Gasteiger charge is -2.42. The Morgan fingerprint density at radius 2 is 1.92 bits per heavy atom. The molecule has 5 nitrogen and oxygen atoms in total. The Hall–Kier alpha value is -1.73. The molecule has 0 saturated carbocycles. The van der Waals surface area contributed by atoms with E-state index in [4.69, 9.17) is 9.47 Å². The van der Waals surface area contributed by atoms with Gasteiger partial charge in [-0.2, -0.15) is 0 Å². The number of carbonyl (C=O) groups excluding carboxylic acids is 1. The Labute approximate surface area is 152 Å². The highest BCUT2D eigenvalue weighted by molar-refractivity contribution is 5.78. The second kappa shape index (κ2) is 9.28. The van der Waals surface area contributed by atoms with E-state index in [1.54, 1.807) is 12.1 Å². The molecule has 2 fully saturated rings. The van der Waals surface area contributed by atoms with E-state index in [0.29, 0.717) is 25.3 Å². The molecule has 3 rings (SSSR count). The molecule has 2 aliphatic heterocycles. The van der Waals surface area contributed by atoms with E-state index in [0.717, 1.165) is 32.5 Å². The van der Waals surface area contributed by atoms with Crippen LogP contribution < -0.4 is 4.74 Å². The van der Waals surface area contributed by atoms with Gasteiger partial charge in [0.2, 0.25) is 5.91 Å². The molecule has 0 spiro atoms. The summed E-state index contributed by atoms with van der Waals surface area (Å²) < 4.78 is 36.5. The van der Waals surface area contributed by atoms with Crippen LogP contribution in [0.3, 0.4) is 0 Å². The van der Waals surface area contributed by atoms with Crippen LogP contribution in [0.1, 0.15) is 19.3 Å². The third-order valence-electron chi connectivity index (χ3n) is 5.02. The van der Waals surface area contributed by atoms with Gasteiger partial charge in [-0.15, -0.1) is 0 Å². The Bertz CT molecular complexity index is 577. The fraction of sp³-hybridized carbons (Fsp3) is 0.632. The molecule has 0 N–H and O–H groups in total. The van der Waals surface area contributed by atoms with Gasteiger partial charge >= 0.3 is 0 Å². The summed E-state index contributed by atoms with van der Waals surface area (Å²) in [5.74, 6) is 0.297. The second-order valence-electron chi connectivity index (χ2n) is 6.86. The third kappa shape index (κ3) is 5.14. The third-order valence-corrected chi connectivity index (χ3v) is 5.02. The maximum Gasteiger partial charge on any atom is 0.248 e. The van der Waals surface area contributed by atoms with Gasteiger partial charge in [0.05, 0.1) is 13.2 Å². The molecule has 1 atom stereocenters. The van der Waals surface area contributed by atoms with Gasteiger partial charge in [-0.25, -0.2) is 4.39 Å². The summed E-state index contributed by atoms with van der Waals surface area (Å²) in [7, 11) is 0. The normalized spacial score (nSPS) is 22.6. The van der Waals surface area contributed by atoms with E-state index in [-0.39, 0.29) is 37.2 Å². The number of likely N-dealkylation sites (tertiary alicyclic amines) is 1. The number of rotatable bonds is 7. The topological polar surface area (TPSA) is 42.0 Å². The van der Waals surface area contributed by atoms with E-state index >= 15 is 0 Å². The molecule has 0 aromatic heterocycles. The first-order chi connectivity index (χ1) is 12.7. The Balaban J connectivity index is 1.47. The number of hydrogen-bond acceptors (Lipinski definition) is 4. The average Bonchev–Trinajstić information content (AvgIpc) is 2.67. The van der Waals surface area contributed by atoms with Crippen LogP contribution in [-0.4, -0.2) is 73.9 Å². The molecule has 1 aromatic carbocycles. The molecular formula is C19H26F2N2O3. The van der Waals surface area contributed by atoms with Crippen LogP contribution in [0.4, 0.5) is 8.78 Å². The van der Waals surface area contributed by atoms with Crippen molar-refractivity contribution in [2.45, 2.75) is 31.4 Å². The number of piperidine rings is 1. The van der Waals surface area contributed by atoms with Crippen LogP contribution in [0.15, 0.2) is 24.3 Å². The summed E-state index contributed by atoms with van der Waals surface area (Å²) >= 11 is 0. The van der Waals surface area contributed by atoms with E-state index in [9.17, 15) is 13.6 Å². The van der Waals surface area contributed by atoms with Crippen LogP contribution in [-0.2, 0) is 9.53 Å². The Morgan fingerprint density at radius 3 is 2.62 bits per heavy atom. The molecule has 2 aliphatic rings. The SMILES string of the molecule is O=C1CO[C@H](COc2ccc(F)cc2)CN1C1CCN(CCCF)CC1. The predicted octanol–water partition coefficient (Wildman–Crippen LogP) is 2.26. The Morgan fingerprint density at radius 1 is 1.19 bits per heavy atom. The fourth-order valence-corrected chi connectivity index (χ4v) is 3.56. The zero-order chi connectivity index (χ0) is 18.4. The molecular weight excluding hydrogens is 342 g/mol. The van der Waals surface area contributed by atoms with Crippen molar-refractivity contribution in [1.29, 1.82) is 0 Å². The number of alkyl halides is 1. The molecule has 1 aromatic rings. The average molecular weight is 368 g/mol. The second-order valence-corrected chi connectivity index (χ2v) is 6.86. The molecule has 1 amide bonds. The van der Waals surface area contributed by atoms with Gasteiger partial charge in [-0.1, -0.05) is 0 Å². The number of benzene rings is 1. The molecule has 26 heavy (non-hydrogen) atoms. The van der Waals surface area contributed by atoms with Crippen molar-refractivity contribution >= 4 is 5.91 Å². The molecule has 7 heteroatoms. The summed E-state index contributed by atoms with van der Waals surface area (Å²) in [6.07, 6.45) is 2.19. The van der Waals surface area contributed by atoms with E-state index in [1.165, 1.54) is 12.1 Å². The number of hydrogen-bond donors (Lipinski definition) is 0. The number of carbonyl (C=O) groups is 1. The van der Waals surface area contributed by atoms with Crippen LogP contribution in [0, 0.1) is 5.82 Å². The minimum absolute atomic E-state index is 0.0187. The summed E-state index contributed by atoms with van der Waals surface area (Å²) in [4.78, 5) is 16.4. The van der Waals surface area contributed by atoms with Crippen molar-refractivity contribution in [2.75, 3.05) is 46.1 Å². The van der Waals surface area contributed by atoms with Crippen molar-refractivity contribution in [3.63, 3.8) is 0 Å². The van der Waals surface area contributed by atoms with E-state index in [2.05, 4.69) is 4.90 Å². The van der Waals surface area contributed by atoms with Crippen molar-refractivity contribution in [2.24, 2.45) is 0 Å². The standard InChI is InChI=1S/C19H26F2N2O3/c20-8-1-9-22-10-6-16(7-11-22)23-12-18(26-14-19(23)24)13-25-17-4-2-15(21)3-5-17/h2-5,16,18H,1,6-14H2/t18-/m0/s1.